The molecule has 1 aromatic rings. The summed E-state index contributed by atoms with van der Waals surface area (Å²) in [5, 5.41) is 0. The molecule has 1 amide bonds. The summed E-state index contributed by atoms with van der Waals surface area (Å²) in [6.45, 7) is 11.1. The lowest BCUT2D eigenvalue weighted by molar-refractivity contribution is 0.0303. The third kappa shape index (κ3) is 4.15. The first-order valence-electron chi connectivity index (χ1n) is 9.38. The van der Waals surface area contributed by atoms with Gasteiger partial charge in [0, 0.05) is 43.5 Å². The number of benzene rings is 1. The summed E-state index contributed by atoms with van der Waals surface area (Å²) in [7, 11) is 0. The number of amides is 1. The maximum atomic E-state index is 12.9. The number of rotatable bonds is 2. The predicted molar refractivity (Wildman–Crippen MR) is 101 cm³/mol. The number of hydrogen-bond acceptors (Lipinski definition) is 4. The van der Waals surface area contributed by atoms with E-state index in [9.17, 15) is 4.79 Å². The van der Waals surface area contributed by atoms with Gasteiger partial charge in [0.1, 0.15) is 0 Å². The summed E-state index contributed by atoms with van der Waals surface area (Å²) in [6, 6.07) is 6.42. The van der Waals surface area contributed by atoms with Crippen molar-refractivity contribution in [3.8, 4) is 0 Å². The standard InChI is InChI=1S/C20H31N3O2/c1-20(2,3)17-13-15(19(24)22-9-11-25-12-10-22)6-7-18(17)23-8-4-5-16(21)14-23/h6-7,13,16H,4-5,8-12,14,21H2,1-3H3/t16-/m0/s1. The van der Waals surface area contributed by atoms with Gasteiger partial charge in [0.25, 0.3) is 5.91 Å². The Morgan fingerprint density at radius 1 is 1.20 bits per heavy atom. The van der Waals surface area contributed by atoms with Crippen LogP contribution >= 0.6 is 0 Å². The van der Waals surface area contributed by atoms with Crippen molar-refractivity contribution in [2.75, 3.05) is 44.3 Å². The number of nitrogens with zero attached hydrogens (tertiary/aromatic N) is 2. The van der Waals surface area contributed by atoms with Gasteiger partial charge in [-0.25, -0.2) is 0 Å². The summed E-state index contributed by atoms with van der Waals surface area (Å²) in [6.07, 6.45) is 2.22. The Morgan fingerprint density at radius 3 is 2.56 bits per heavy atom. The van der Waals surface area contributed by atoms with Crippen LogP contribution in [0.1, 0.15) is 49.5 Å². The Bertz CT molecular complexity index is 618. The van der Waals surface area contributed by atoms with E-state index in [1.54, 1.807) is 0 Å². The Hall–Kier alpha value is -1.59. The summed E-state index contributed by atoms with van der Waals surface area (Å²) < 4.78 is 5.36. The molecule has 2 aliphatic rings. The third-order valence-electron chi connectivity index (χ3n) is 5.15. The van der Waals surface area contributed by atoms with Gasteiger partial charge < -0.3 is 20.3 Å². The van der Waals surface area contributed by atoms with Crippen LogP contribution in [-0.2, 0) is 10.2 Å². The van der Waals surface area contributed by atoms with Crippen LogP contribution < -0.4 is 10.6 Å². The molecule has 138 valence electrons. The highest BCUT2D eigenvalue weighted by Crippen LogP contribution is 2.34. The van der Waals surface area contributed by atoms with Gasteiger partial charge in [-0.1, -0.05) is 20.8 Å². The molecule has 1 aromatic carbocycles. The SMILES string of the molecule is CC(C)(C)c1cc(C(=O)N2CCOCC2)ccc1N1CCC[C@H](N)C1. The molecule has 0 saturated carbocycles. The van der Waals surface area contributed by atoms with Crippen molar-refractivity contribution in [1.29, 1.82) is 0 Å². The second kappa shape index (κ2) is 7.34. The topological polar surface area (TPSA) is 58.8 Å². The average molecular weight is 345 g/mol. The molecule has 2 aliphatic heterocycles. The van der Waals surface area contributed by atoms with E-state index in [1.165, 1.54) is 11.3 Å². The molecule has 5 nitrogen and oxygen atoms in total. The number of carbonyl (C=O) groups excluding carboxylic acids is 1. The van der Waals surface area contributed by atoms with Crippen LogP contribution in [0.4, 0.5) is 5.69 Å². The van der Waals surface area contributed by atoms with Crippen LogP contribution in [0, 0.1) is 0 Å². The van der Waals surface area contributed by atoms with Gasteiger partial charge in [-0.15, -0.1) is 0 Å². The van der Waals surface area contributed by atoms with Crippen LogP contribution in [-0.4, -0.2) is 56.2 Å². The normalized spacial score (nSPS) is 22.2. The number of nitrogens with two attached hydrogens (primary N) is 1. The molecule has 0 aliphatic carbocycles. The molecule has 2 heterocycles. The molecule has 0 unspecified atom stereocenters. The summed E-state index contributed by atoms with van der Waals surface area (Å²) >= 11 is 0. The van der Waals surface area contributed by atoms with E-state index in [4.69, 9.17) is 10.5 Å². The molecule has 0 spiro atoms. The Balaban J connectivity index is 1.91. The molecule has 0 aromatic heterocycles. The predicted octanol–water partition coefficient (Wildman–Crippen LogP) is 2.38. The monoisotopic (exact) mass is 345 g/mol. The fraction of sp³-hybridized carbons (Fsp3) is 0.650. The van der Waals surface area contributed by atoms with Crippen molar-refractivity contribution >= 4 is 11.6 Å². The number of ether oxygens (including phenoxy) is 1. The number of hydrogen-bond donors (Lipinski definition) is 1. The van der Waals surface area contributed by atoms with Crippen LogP contribution in [0.5, 0.6) is 0 Å². The molecular weight excluding hydrogens is 314 g/mol. The molecule has 5 heteroatoms. The summed E-state index contributed by atoms with van der Waals surface area (Å²) in [5.74, 6) is 0.107. The van der Waals surface area contributed by atoms with Crippen molar-refractivity contribution < 1.29 is 9.53 Å². The highest BCUT2D eigenvalue weighted by molar-refractivity contribution is 5.95. The van der Waals surface area contributed by atoms with Crippen molar-refractivity contribution in [3.05, 3.63) is 29.3 Å². The molecule has 2 saturated heterocycles. The van der Waals surface area contributed by atoms with Gasteiger partial charge in [-0.05, 0) is 42.0 Å². The van der Waals surface area contributed by atoms with Crippen LogP contribution in [0.3, 0.4) is 0 Å². The third-order valence-corrected chi connectivity index (χ3v) is 5.15. The average Bonchev–Trinajstić information content (AvgIpc) is 2.60. The number of carbonyl (C=O) groups is 1. The number of morpholine rings is 1. The van der Waals surface area contributed by atoms with Crippen molar-refractivity contribution in [2.45, 2.75) is 45.1 Å². The molecular formula is C20H31N3O2. The molecule has 2 fully saturated rings. The van der Waals surface area contributed by atoms with Gasteiger partial charge in [-0.2, -0.15) is 0 Å². The highest BCUT2D eigenvalue weighted by atomic mass is 16.5. The van der Waals surface area contributed by atoms with Crippen molar-refractivity contribution in [2.24, 2.45) is 5.73 Å². The largest absolute Gasteiger partial charge is 0.378 e. The van der Waals surface area contributed by atoms with Gasteiger partial charge in [0.05, 0.1) is 13.2 Å². The lowest BCUT2D eigenvalue weighted by Crippen LogP contribution is -2.44. The first kappa shape index (κ1) is 18.2. The Kier molecular flexibility index (Phi) is 5.35. The van der Waals surface area contributed by atoms with Crippen LogP contribution in [0.2, 0.25) is 0 Å². The fourth-order valence-corrected chi connectivity index (χ4v) is 3.72. The molecule has 2 N–H and O–H groups in total. The van der Waals surface area contributed by atoms with E-state index in [0.29, 0.717) is 26.3 Å². The van der Waals surface area contributed by atoms with Gasteiger partial charge in [-0.3, -0.25) is 4.79 Å². The highest BCUT2D eigenvalue weighted by Gasteiger charge is 2.27. The first-order chi connectivity index (χ1) is 11.9. The smallest absolute Gasteiger partial charge is 0.254 e. The van der Waals surface area contributed by atoms with E-state index >= 15 is 0 Å². The Labute approximate surface area is 151 Å². The van der Waals surface area contributed by atoms with E-state index in [1.807, 2.05) is 11.0 Å². The van der Waals surface area contributed by atoms with E-state index in [2.05, 4.69) is 37.8 Å². The number of piperidine rings is 1. The molecule has 1 atom stereocenters. The van der Waals surface area contributed by atoms with E-state index < -0.39 is 0 Å². The maximum Gasteiger partial charge on any atom is 0.254 e. The first-order valence-corrected chi connectivity index (χ1v) is 9.38. The van der Waals surface area contributed by atoms with Crippen molar-refractivity contribution in [1.82, 2.24) is 4.90 Å². The summed E-state index contributed by atoms with van der Waals surface area (Å²) in [4.78, 5) is 17.1. The maximum absolute atomic E-state index is 12.9. The minimum absolute atomic E-state index is 0.0296. The zero-order valence-electron chi connectivity index (χ0n) is 15.8. The zero-order chi connectivity index (χ0) is 18.0. The zero-order valence-corrected chi connectivity index (χ0v) is 15.8. The van der Waals surface area contributed by atoms with Crippen LogP contribution in [0.25, 0.3) is 0 Å². The van der Waals surface area contributed by atoms with Crippen LogP contribution in [0.15, 0.2) is 18.2 Å². The molecule has 0 radical (unpaired) electrons. The van der Waals surface area contributed by atoms with E-state index in [-0.39, 0.29) is 17.4 Å². The van der Waals surface area contributed by atoms with Gasteiger partial charge in [0.2, 0.25) is 0 Å². The second-order valence-electron chi connectivity index (χ2n) is 8.23. The number of anilines is 1. The molecule has 25 heavy (non-hydrogen) atoms. The quantitative estimate of drug-likeness (QED) is 0.894. The minimum Gasteiger partial charge on any atom is -0.378 e. The second-order valence-corrected chi connectivity index (χ2v) is 8.23. The lowest BCUT2D eigenvalue weighted by atomic mass is 9.84. The Morgan fingerprint density at radius 2 is 1.92 bits per heavy atom. The molecule has 0 bridgehead atoms. The van der Waals surface area contributed by atoms with Crippen molar-refractivity contribution in [3.63, 3.8) is 0 Å². The van der Waals surface area contributed by atoms with E-state index in [0.717, 1.165) is 31.5 Å². The lowest BCUT2D eigenvalue weighted by Gasteiger charge is -2.37. The van der Waals surface area contributed by atoms with Gasteiger partial charge >= 0.3 is 0 Å². The minimum atomic E-state index is -0.0296. The summed E-state index contributed by atoms with van der Waals surface area (Å²) in [5.41, 5.74) is 9.37. The fourth-order valence-electron chi connectivity index (χ4n) is 3.72. The molecule has 3 rings (SSSR count). The van der Waals surface area contributed by atoms with Gasteiger partial charge in [0.15, 0.2) is 0 Å².